The van der Waals surface area contributed by atoms with Gasteiger partial charge in [-0.15, -0.1) is 0 Å². The molecule has 0 spiro atoms. The van der Waals surface area contributed by atoms with Gasteiger partial charge in [-0.25, -0.2) is 0 Å². The molecular formula is C18H20O3. The van der Waals surface area contributed by atoms with Gasteiger partial charge in [0, 0.05) is 11.1 Å². The van der Waals surface area contributed by atoms with Crippen LogP contribution in [0.25, 0.3) is 0 Å². The highest BCUT2D eigenvalue weighted by Gasteiger charge is 2.11. The van der Waals surface area contributed by atoms with E-state index < -0.39 is 0 Å². The lowest BCUT2D eigenvalue weighted by Gasteiger charge is -2.02. The highest BCUT2D eigenvalue weighted by atomic mass is 16.5. The Morgan fingerprint density at radius 2 is 1.29 bits per heavy atom. The third-order valence-electron chi connectivity index (χ3n) is 2.29. The SMILES string of the molecule is C=COC=C.CC=CC(=O)c1ccccc1C(=O)C=CC. The quantitative estimate of drug-likeness (QED) is 0.439. The van der Waals surface area contributed by atoms with Crippen LogP contribution >= 0.6 is 0 Å². The molecule has 0 heterocycles. The number of carbonyl (C=O) groups excluding carboxylic acids is 2. The van der Waals surface area contributed by atoms with Crippen LogP contribution in [0.15, 0.2) is 74.3 Å². The molecule has 21 heavy (non-hydrogen) atoms. The molecule has 0 amide bonds. The van der Waals surface area contributed by atoms with Gasteiger partial charge >= 0.3 is 0 Å². The van der Waals surface area contributed by atoms with Crippen molar-refractivity contribution in [2.75, 3.05) is 0 Å². The lowest BCUT2D eigenvalue weighted by Crippen LogP contribution is -2.05. The Morgan fingerprint density at radius 3 is 1.52 bits per heavy atom. The average molecular weight is 284 g/mol. The van der Waals surface area contributed by atoms with E-state index in [9.17, 15) is 9.59 Å². The summed E-state index contributed by atoms with van der Waals surface area (Å²) in [7, 11) is 0. The molecule has 0 saturated heterocycles. The number of ketones is 2. The molecule has 3 nitrogen and oxygen atoms in total. The first-order chi connectivity index (χ1) is 10.1. The third-order valence-corrected chi connectivity index (χ3v) is 2.29. The van der Waals surface area contributed by atoms with Crippen LogP contribution in [0.3, 0.4) is 0 Å². The molecule has 0 atom stereocenters. The second kappa shape index (κ2) is 11.2. The second-order valence-electron chi connectivity index (χ2n) is 3.74. The van der Waals surface area contributed by atoms with Crippen molar-refractivity contribution in [1.82, 2.24) is 0 Å². The van der Waals surface area contributed by atoms with Crippen LogP contribution in [-0.2, 0) is 4.74 Å². The number of carbonyl (C=O) groups is 2. The Labute approximate surface area is 125 Å². The van der Waals surface area contributed by atoms with Crippen molar-refractivity contribution in [3.8, 4) is 0 Å². The van der Waals surface area contributed by atoms with Crippen molar-refractivity contribution in [2.45, 2.75) is 13.8 Å². The van der Waals surface area contributed by atoms with E-state index in [1.165, 1.54) is 24.7 Å². The summed E-state index contributed by atoms with van der Waals surface area (Å²) < 4.78 is 4.36. The van der Waals surface area contributed by atoms with Gasteiger partial charge in [0.15, 0.2) is 11.6 Å². The molecule has 0 bridgehead atoms. The van der Waals surface area contributed by atoms with Gasteiger partial charge in [0.25, 0.3) is 0 Å². The summed E-state index contributed by atoms with van der Waals surface area (Å²) in [6, 6.07) is 6.84. The number of hydrogen-bond acceptors (Lipinski definition) is 3. The monoisotopic (exact) mass is 284 g/mol. The zero-order chi connectivity index (χ0) is 16.1. The number of ether oxygens (including phenoxy) is 1. The molecule has 0 aliphatic heterocycles. The number of allylic oxidation sites excluding steroid dienone is 4. The molecule has 110 valence electrons. The summed E-state index contributed by atoms with van der Waals surface area (Å²) >= 11 is 0. The first-order valence-electron chi connectivity index (χ1n) is 6.42. The smallest absolute Gasteiger partial charge is 0.186 e. The summed E-state index contributed by atoms with van der Waals surface area (Å²) in [4.78, 5) is 23.4. The van der Waals surface area contributed by atoms with Gasteiger partial charge in [0.1, 0.15) is 0 Å². The van der Waals surface area contributed by atoms with E-state index in [2.05, 4.69) is 17.9 Å². The van der Waals surface area contributed by atoms with Crippen LogP contribution < -0.4 is 0 Å². The maximum absolute atomic E-state index is 11.7. The number of hydrogen-bond donors (Lipinski definition) is 0. The van der Waals surface area contributed by atoms with E-state index in [-0.39, 0.29) is 11.6 Å². The van der Waals surface area contributed by atoms with Crippen molar-refractivity contribution in [1.29, 1.82) is 0 Å². The molecule has 0 unspecified atom stereocenters. The second-order valence-corrected chi connectivity index (χ2v) is 3.74. The van der Waals surface area contributed by atoms with Gasteiger partial charge in [-0.2, -0.15) is 0 Å². The van der Waals surface area contributed by atoms with E-state index >= 15 is 0 Å². The van der Waals surface area contributed by atoms with Crippen molar-refractivity contribution in [3.05, 3.63) is 85.4 Å². The molecule has 1 aromatic rings. The fourth-order valence-corrected chi connectivity index (χ4v) is 1.46. The standard InChI is InChI=1S/C14H14O2.C4H6O/c1-3-7-13(15)11-9-5-6-10-12(11)14(16)8-4-2;1-3-5-4-2/h3-10H,1-2H3;3-4H,1-2H2. The van der Waals surface area contributed by atoms with Crippen molar-refractivity contribution >= 4 is 11.6 Å². The predicted octanol–water partition coefficient (Wildman–Crippen LogP) is 4.49. The molecular weight excluding hydrogens is 264 g/mol. The molecule has 1 aromatic carbocycles. The van der Waals surface area contributed by atoms with Gasteiger partial charge < -0.3 is 4.74 Å². The molecule has 0 aromatic heterocycles. The van der Waals surface area contributed by atoms with Gasteiger partial charge in [-0.3, -0.25) is 9.59 Å². The van der Waals surface area contributed by atoms with E-state index in [1.54, 1.807) is 50.3 Å². The molecule has 0 aliphatic carbocycles. The molecule has 0 fully saturated rings. The third kappa shape index (κ3) is 6.87. The van der Waals surface area contributed by atoms with Gasteiger partial charge in [-0.1, -0.05) is 49.6 Å². The molecule has 1 rings (SSSR count). The van der Waals surface area contributed by atoms with Crippen LogP contribution in [0, 0.1) is 0 Å². The Bertz CT molecular complexity index is 502. The van der Waals surface area contributed by atoms with E-state index in [0.29, 0.717) is 11.1 Å². The number of rotatable bonds is 6. The van der Waals surface area contributed by atoms with Crippen molar-refractivity contribution < 1.29 is 14.3 Å². The predicted molar refractivity (Wildman–Crippen MR) is 86.2 cm³/mol. The molecule has 0 aliphatic rings. The topological polar surface area (TPSA) is 43.4 Å². The highest BCUT2D eigenvalue weighted by Crippen LogP contribution is 2.11. The Hall–Kier alpha value is -2.68. The largest absolute Gasteiger partial charge is 0.474 e. The summed E-state index contributed by atoms with van der Waals surface area (Å²) in [5.74, 6) is -0.285. The number of benzene rings is 1. The molecule has 0 radical (unpaired) electrons. The van der Waals surface area contributed by atoms with Crippen LogP contribution in [0.5, 0.6) is 0 Å². The van der Waals surface area contributed by atoms with E-state index in [0.717, 1.165) is 0 Å². The Kier molecular flexibility index (Phi) is 9.75. The fraction of sp³-hybridized carbons (Fsp3) is 0.111. The Morgan fingerprint density at radius 1 is 0.905 bits per heavy atom. The van der Waals surface area contributed by atoms with Gasteiger partial charge in [-0.05, 0) is 26.0 Å². The fourth-order valence-electron chi connectivity index (χ4n) is 1.46. The molecule has 0 N–H and O–H groups in total. The van der Waals surface area contributed by atoms with Gasteiger partial charge in [0.05, 0.1) is 12.5 Å². The van der Waals surface area contributed by atoms with Crippen molar-refractivity contribution in [3.63, 3.8) is 0 Å². The minimum atomic E-state index is -0.143. The van der Waals surface area contributed by atoms with Crippen LogP contribution in [0.1, 0.15) is 34.6 Å². The first-order valence-corrected chi connectivity index (χ1v) is 6.42. The first kappa shape index (κ1) is 18.3. The lowest BCUT2D eigenvalue weighted by atomic mass is 9.99. The zero-order valence-corrected chi connectivity index (χ0v) is 12.4. The van der Waals surface area contributed by atoms with E-state index in [1.807, 2.05) is 0 Å². The normalized spacial score (nSPS) is 9.81. The van der Waals surface area contributed by atoms with Crippen molar-refractivity contribution in [2.24, 2.45) is 0 Å². The summed E-state index contributed by atoms with van der Waals surface area (Å²) in [5.41, 5.74) is 0.896. The van der Waals surface area contributed by atoms with Crippen LogP contribution in [0.2, 0.25) is 0 Å². The summed E-state index contributed by atoms with van der Waals surface area (Å²) in [5, 5.41) is 0. The zero-order valence-electron chi connectivity index (χ0n) is 12.4. The molecule has 3 heteroatoms. The minimum absolute atomic E-state index is 0.143. The lowest BCUT2D eigenvalue weighted by molar-refractivity contribution is 0.101. The van der Waals surface area contributed by atoms with Crippen LogP contribution in [0.4, 0.5) is 0 Å². The molecule has 0 saturated carbocycles. The maximum Gasteiger partial charge on any atom is 0.186 e. The highest BCUT2D eigenvalue weighted by molar-refractivity contribution is 6.15. The van der Waals surface area contributed by atoms with E-state index in [4.69, 9.17) is 0 Å². The average Bonchev–Trinajstić information content (AvgIpc) is 2.49. The van der Waals surface area contributed by atoms with Crippen LogP contribution in [-0.4, -0.2) is 11.6 Å². The maximum atomic E-state index is 11.7. The summed E-state index contributed by atoms with van der Waals surface area (Å²) in [6.45, 7) is 10.1. The Balaban J connectivity index is 0.000000690. The minimum Gasteiger partial charge on any atom is -0.474 e. The van der Waals surface area contributed by atoms with Gasteiger partial charge in [0.2, 0.25) is 0 Å². The summed E-state index contributed by atoms with van der Waals surface area (Å²) in [6.07, 6.45) is 8.88.